The fourth-order valence-electron chi connectivity index (χ4n) is 2.52. The Hall–Kier alpha value is -0.870. The molecule has 17 heavy (non-hydrogen) atoms. The van der Waals surface area contributed by atoms with Crippen LogP contribution in [0.3, 0.4) is 0 Å². The minimum atomic E-state index is -4.05. The number of hydrogen-bond donors (Lipinski definition) is 1. The second-order valence-corrected chi connectivity index (χ2v) is 6.25. The highest BCUT2D eigenvalue weighted by molar-refractivity contribution is 7.85. The summed E-state index contributed by atoms with van der Waals surface area (Å²) in [6.07, 6.45) is 7.55. The molecule has 1 saturated carbocycles. The standard InChI is InChI=1S/C13H18O3S/c14-17(15,16)13-8-6-12(7-9-13)10-11-4-2-1-3-5-11/h6-9,11H,1-5,10H2,(H,14,15,16). The van der Waals surface area contributed by atoms with Crippen molar-refractivity contribution in [3.63, 3.8) is 0 Å². The molecule has 0 saturated heterocycles. The van der Waals surface area contributed by atoms with Gasteiger partial charge in [-0.15, -0.1) is 0 Å². The minimum absolute atomic E-state index is 0.0232. The van der Waals surface area contributed by atoms with Gasteiger partial charge < -0.3 is 0 Å². The van der Waals surface area contributed by atoms with E-state index in [1.165, 1.54) is 44.2 Å². The maximum absolute atomic E-state index is 10.9. The second-order valence-electron chi connectivity index (χ2n) is 4.83. The maximum atomic E-state index is 10.9. The molecule has 1 aromatic carbocycles. The molecule has 0 bridgehead atoms. The summed E-state index contributed by atoms with van der Waals surface area (Å²) in [4.78, 5) is -0.0232. The van der Waals surface area contributed by atoms with Crippen molar-refractivity contribution in [1.29, 1.82) is 0 Å². The van der Waals surface area contributed by atoms with Crippen molar-refractivity contribution in [1.82, 2.24) is 0 Å². The lowest BCUT2D eigenvalue weighted by molar-refractivity contribution is 0.356. The monoisotopic (exact) mass is 254 g/mol. The predicted octanol–water partition coefficient (Wildman–Crippen LogP) is 3.06. The zero-order chi connectivity index (χ0) is 12.3. The van der Waals surface area contributed by atoms with Gasteiger partial charge in [0.15, 0.2) is 0 Å². The molecule has 1 aliphatic rings. The van der Waals surface area contributed by atoms with Gasteiger partial charge in [-0.25, -0.2) is 0 Å². The Morgan fingerprint density at radius 1 is 1.06 bits per heavy atom. The minimum Gasteiger partial charge on any atom is -0.282 e. The Balaban J connectivity index is 2.03. The zero-order valence-electron chi connectivity index (χ0n) is 9.80. The van der Waals surface area contributed by atoms with Crippen molar-refractivity contribution in [2.24, 2.45) is 5.92 Å². The Morgan fingerprint density at radius 3 is 2.18 bits per heavy atom. The molecule has 0 aromatic heterocycles. The van der Waals surface area contributed by atoms with Crippen LogP contribution in [0.1, 0.15) is 37.7 Å². The van der Waals surface area contributed by atoms with Crippen LogP contribution in [0.5, 0.6) is 0 Å². The van der Waals surface area contributed by atoms with Crippen LogP contribution < -0.4 is 0 Å². The van der Waals surface area contributed by atoms with Crippen molar-refractivity contribution in [3.05, 3.63) is 29.8 Å². The van der Waals surface area contributed by atoms with Gasteiger partial charge in [-0.3, -0.25) is 4.55 Å². The zero-order valence-corrected chi connectivity index (χ0v) is 10.6. The van der Waals surface area contributed by atoms with E-state index in [0.717, 1.165) is 17.9 Å². The van der Waals surface area contributed by atoms with E-state index in [1.807, 2.05) is 0 Å². The van der Waals surface area contributed by atoms with Crippen LogP contribution in [0.2, 0.25) is 0 Å². The molecule has 4 heteroatoms. The highest BCUT2D eigenvalue weighted by Crippen LogP contribution is 2.27. The normalized spacial score (nSPS) is 18.2. The third-order valence-electron chi connectivity index (χ3n) is 3.47. The molecule has 1 fully saturated rings. The molecule has 2 rings (SSSR count). The van der Waals surface area contributed by atoms with E-state index in [-0.39, 0.29) is 4.90 Å². The van der Waals surface area contributed by atoms with Gasteiger partial charge in [0.05, 0.1) is 4.90 Å². The first-order valence-corrected chi connectivity index (χ1v) is 7.56. The molecule has 1 aromatic rings. The average Bonchev–Trinajstić information content (AvgIpc) is 2.30. The Labute approximate surface area is 103 Å². The Kier molecular flexibility index (Phi) is 3.84. The van der Waals surface area contributed by atoms with Gasteiger partial charge in [0.1, 0.15) is 0 Å². The molecule has 0 radical (unpaired) electrons. The topological polar surface area (TPSA) is 54.4 Å². The lowest BCUT2D eigenvalue weighted by atomic mass is 9.85. The maximum Gasteiger partial charge on any atom is 0.294 e. The Morgan fingerprint density at radius 2 is 1.65 bits per heavy atom. The molecule has 1 N–H and O–H groups in total. The summed E-state index contributed by atoms with van der Waals surface area (Å²) in [6, 6.07) is 6.57. The highest BCUT2D eigenvalue weighted by Gasteiger charge is 2.14. The smallest absolute Gasteiger partial charge is 0.282 e. The molecule has 1 aliphatic carbocycles. The van der Waals surface area contributed by atoms with Crippen LogP contribution in [-0.2, 0) is 16.5 Å². The van der Waals surface area contributed by atoms with Gasteiger partial charge in [-0.2, -0.15) is 8.42 Å². The van der Waals surface area contributed by atoms with Crippen molar-refractivity contribution in [3.8, 4) is 0 Å². The van der Waals surface area contributed by atoms with Gasteiger partial charge in [-0.1, -0.05) is 44.2 Å². The van der Waals surface area contributed by atoms with E-state index in [0.29, 0.717) is 0 Å². The summed E-state index contributed by atoms with van der Waals surface area (Å²) in [5.74, 6) is 0.736. The summed E-state index contributed by atoms with van der Waals surface area (Å²) < 4.78 is 30.7. The van der Waals surface area contributed by atoms with Crippen LogP contribution in [-0.4, -0.2) is 13.0 Å². The van der Waals surface area contributed by atoms with Crippen molar-refractivity contribution < 1.29 is 13.0 Å². The van der Waals surface area contributed by atoms with Crippen LogP contribution in [0, 0.1) is 5.92 Å². The van der Waals surface area contributed by atoms with Crippen LogP contribution in [0.4, 0.5) is 0 Å². The predicted molar refractivity (Wildman–Crippen MR) is 66.5 cm³/mol. The third kappa shape index (κ3) is 3.54. The van der Waals surface area contributed by atoms with E-state index in [4.69, 9.17) is 4.55 Å². The van der Waals surface area contributed by atoms with E-state index in [1.54, 1.807) is 12.1 Å². The van der Waals surface area contributed by atoms with Crippen molar-refractivity contribution in [2.75, 3.05) is 0 Å². The van der Waals surface area contributed by atoms with E-state index in [2.05, 4.69) is 0 Å². The summed E-state index contributed by atoms with van der Waals surface area (Å²) in [7, 11) is -4.05. The van der Waals surface area contributed by atoms with E-state index in [9.17, 15) is 8.42 Å². The van der Waals surface area contributed by atoms with Crippen molar-refractivity contribution >= 4 is 10.1 Å². The van der Waals surface area contributed by atoms with Crippen molar-refractivity contribution in [2.45, 2.75) is 43.4 Å². The SMILES string of the molecule is O=S(=O)(O)c1ccc(CC2CCCCC2)cc1. The fraction of sp³-hybridized carbons (Fsp3) is 0.538. The molecular weight excluding hydrogens is 236 g/mol. The number of hydrogen-bond acceptors (Lipinski definition) is 2. The molecule has 0 atom stereocenters. The summed E-state index contributed by atoms with van der Waals surface area (Å²) >= 11 is 0. The number of rotatable bonds is 3. The molecule has 0 unspecified atom stereocenters. The summed E-state index contributed by atoms with van der Waals surface area (Å²) in [5, 5.41) is 0. The first-order chi connectivity index (χ1) is 8.05. The van der Waals surface area contributed by atoms with E-state index < -0.39 is 10.1 Å². The van der Waals surface area contributed by atoms with Crippen LogP contribution in [0.15, 0.2) is 29.2 Å². The van der Waals surface area contributed by atoms with Gasteiger partial charge >= 0.3 is 0 Å². The average molecular weight is 254 g/mol. The lowest BCUT2D eigenvalue weighted by Crippen LogP contribution is -2.09. The van der Waals surface area contributed by atoms with E-state index >= 15 is 0 Å². The molecular formula is C13H18O3S. The molecule has 3 nitrogen and oxygen atoms in total. The molecule has 0 spiro atoms. The first kappa shape index (κ1) is 12.6. The van der Waals surface area contributed by atoms with Gasteiger partial charge in [0.25, 0.3) is 10.1 Å². The second kappa shape index (κ2) is 5.19. The number of benzene rings is 1. The largest absolute Gasteiger partial charge is 0.294 e. The Bertz CT molecular complexity index is 456. The summed E-state index contributed by atoms with van der Waals surface area (Å²) in [5.41, 5.74) is 1.16. The summed E-state index contributed by atoms with van der Waals surface area (Å²) in [6.45, 7) is 0. The highest BCUT2D eigenvalue weighted by atomic mass is 32.2. The first-order valence-electron chi connectivity index (χ1n) is 6.12. The van der Waals surface area contributed by atoms with Crippen LogP contribution >= 0.6 is 0 Å². The van der Waals surface area contributed by atoms with Gasteiger partial charge in [0, 0.05) is 0 Å². The third-order valence-corrected chi connectivity index (χ3v) is 4.34. The molecule has 94 valence electrons. The molecule has 0 heterocycles. The van der Waals surface area contributed by atoms with Crippen LogP contribution in [0.25, 0.3) is 0 Å². The molecule has 0 aliphatic heterocycles. The quantitative estimate of drug-likeness (QED) is 0.843. The van der Waals surface area contributed by atoms with Gasteiger partial charge in [-0.05, 0) is 30.0 Å². The lowest BCUT2D eigenvalue weighted by Gasteiger charge is -2.21. The van der Waals surface area contributed by atoms with Gasteiger partial charge in [0.2, 0.25) is 0 Å². The fourth-order valence-corrected chi connectivity index (χ4v) is 3.00. The molecule has 0 amide bonds.